The van der Waals surface area contributed by atoms with Crippen molar-refractivity contribution in [2.45, 2.75) is 31.4 Å². The number of aliphatic hydroxyl groups is 1. The fourth-order valence-corrected chi connectivity index (χ4v) is 3.15. The lowest BCUT2D eigenvalue weighted by Crippen LogP contribution is -2.37. The van der Waals surface area contributed by atoms with Crippen molar-refractivity contribution < 1.29 is 17.9 Å². The minimum absolute atomic E-state index is 0.275. The van der Waals surface area contributed by atoms with E-state index in [0.717, 1.165) is 25.6 Å². The molecule has 1 aromatic rings. The summed E-state index contributed by atoms with van der Waals surface area (Å²) < 4.78 is 29.8. The van der Waals surface area contributed by atoms with E-state index in [0.29, 0.717) is 25.3 Å². The molecule has 7 heteroatoms. The predicted octanol–water partition coefficient (Wildman–Crippen LogP) is 0.717. The Balaban J connectivity index is 1.81. The Hall–Kier alpha value is -0.890. The van der Waals surface area contributed by atoms with Gasteiger partial charge in [-0.15, -0.1) is 0 Å². The van der Waals surface area contributed by atoms with E-state index in [1.807, 2.05) is 0 Å². The quantitative estimate of drug-likeness (QED) is 0.775. The Morgan fingerprint density at radius 3 is 3.05 bits per heavy atom. The van der Waals surface area contributed by atoms with Crippen molar-refractivity contribution in [1.82, 2.24) is 9.62 Å². The van der Waals surface area contributed by atoms with Crippen LogP contribution >= 0.6 is 0 Å². The van der Waals surface area contributed by atoms with Crippen LogP contribution in [0.2, 0.25) is 0 Å². The molecule has 2 N–H and O–H groups in total. The number of sulfonamides is 1. The number of nitrogens with one attached hydrogen (secondary N) is 1. The molecule has 0 saturated carbocycles. The molecule has 2 rings (SSSR count). The Labute approximate surface area is 119 Å². The third-order valence-corrected chi connectivity index (χ3v) is 4.36. The zero-order chi connectivity index (χ0) is 14.6. The number of hydrogen-bond acceptors (Lipinski definition) is 5. The van der Waals surface area contributed by atoms with Crippen LogP contribution in [0.25, 0.3) is 0 Å². The van der Waals surface area contributed by atoms with Crippen molar-refractivity contribution in [3.63, 3.8) is 0 Å². The highest BCUT2D eigenvalue weighted by Gasteiger charge is 2.27. The number of aliphatic hydroxyl groups excluding tert-OH is 1. The Kier molecular flexibility index (Phi) is 5.20. The molecular formula is C13H22N2O4S. The standard InChI is InChI=1S/C13H22N2O4S/c1-20(17,18)14-6-8-15-7-2-4-11(15)10-12(16)13-5-3-9-19-13/h3,5,9,11-12,14,16H,2,4,6-8,10H2,1H3. The van der Waals surface area contributed by atoms with Gasteiger partial charge in [0.05, 0.1) is 12.5 Å². The summed E-state index contributed by atoms with van der Waals surface area (Å²) in [6.45, 7) is 2.02. The molecule has 0 spiro atoms. The lowest BCUT2D eigenvalue weighted by atomic mass is 10.1. The van der Waals surface area contributed by atoms with Crippen LogP contribution in [0.15, 0.2) is 22.8 Å². The first-order chi connectivity index (χ1) is 9.46. The largest absolute Gasteiger partial charge is 0.467 e. The van der Waals surface area contributed by atoms with Crippen molar-refractivity contribution >= 4 is 10.0 Å². The summed E-state index contributed by atoms with van der Waals surface area (Å²) in [7, 11) is -3.13. The number of hydrogen-bond donors (Lipinski definition) is 2. The second-order valence-electron chi connectivity index (χ2n) is 5.27. The molecule has 1 aliphatic heterocycles. The smallest absolute Gasteiger partial charge is 0.208 e. The summed E-state index contributed by atoms with van der Waals surface area (Å²) in [6, 6.07) is 3.81. The molecule has 0 radical (unpaired) electrons. The molecule has 1 aromatic heterocycles. The second kappa shape index (κ2) is 6.71. The van der Waals surface area contributed by atoms with Crippen LogP contribution in [0.4, 0.5) is 0 Å². The van der Waals surface area contributed by atoms with Crippen molar-refractivity contribution in [2.24, 2.45) is 0 Å². The number of furan rings is 1. The van der Waals surface area contributed by atoms with E-state index in [-0.39, 0.29) is 6.04 Å². The Morgan fingerprint density at radius 1 is 1.60 bits per heavy atom. The zero-order valence-electron chi connectivity index (χ0n) is 11.7. The summed E-state index contributed by atoms with van der Waals surface area (Å²) in [5.74, 6) is 0.589. The van der Waals surface area contributed by atoms with Crippen LogP contribution < -0.4 is 4.72 Å². The molecule has 20 heavy (non-hydrogen) atoms. The van der Waals surface area contributed by atoms with Gasteiger partial charge in [0, 0.05) is 19.1 Å². The minimum atomic E-state index is -3.13. The average Bonchev–Trinajstić information content (AvgIpc) is 2.99. The lowest BCUT2D eigenvalue weighted by Gasteiger charge is -2.25. The number of likely N-dealkylation sites (tertiary alicyclic amines) is 1. The van der Waals surface area contributed by atoms with Gasteiger partial charge in [-0.05, 0) is 37.9 Å². The maximum absolute atomic E-state index is 11.0. The second-order valence-corrected chi connectivity index (χ2v) is 7.10. The van der Waals surface area contributed by atoms with Crippen LogP contribution in [-0.2, 0) is 10.0 Å². The Bertz CT molecular complexity index is 500. The molecule has 114 valence electrons. The molecule has 0 aromatic carbocycles. The van der Waals surface area contributed by atoms with Crippen LogP contribution in [0, 0.1) is 0 Å². The van der Waals surface area contributed by atoms with Crippen LogP contribution in [-0.4, -0.2) is 50.4 Å². The van der Waals surface area contributed by atoms with E-state index in [9.17, 15) is 13.5 Å². The third kappa shape index (κ3) is 4.59. The van der Waals surface area contributed by atoms with Gasteiger partial charge >= 0.3 is 0 Å². The molecule has 2 atom stereocenters. The van der Waals surface area contributed by atoms with Gasteiger partial charge in [-0.3, -0.25) is 4.90 Å². The minimum Gasteiger partial charge on any atom is -0.467 e. The zero-order valence-corrected chi connectivity index (χ0v) is 12.5. The maximum Gasteiger partial charge on any atom is 0.208 e. The predicted molar refractivity (Wildman–Crippen MR) is 75.7 cm³/mol. The molecule has 2 heterocycles. The number of rotatable bonds is 7. The van der Waals surface area contributed by atoms with Gasteiger partial charge in [-0.1, -0.05) is 0 Å². The molecule has 0 amide bonds. The molecular weight excluding hydrogens is 280 g/mol. The van der Waals surface area contributed by atoms with E-state index in [2.05, 4.69) is 9.62 Å². The van der Waals surface area contributed by atoms with Gasteiger partial charge in [-0.2, -0.15) is 0 Å². The van der Waals surface area contributed by atoms with E-state index in [1.165, 1.54) is 0 Å². The lowest BCUT2D eigenvalue weighted by molar-refractivity contribution is 0.102. The van der Waals surface area contributed by atoms with E-state index >= 15 is 0 Å². The molecule has 1 fully saturated rings. The highest BCUT2D eigenvalue weighted by atomic mass is 32.2. The first kappa shape index (κ1) is 15.5. The molecule has 2 unspecified atom stereocenters. The van der Waals surface area contributed by atoms with E-state index < -0.39 is 16.1 Å². The third-order valence-electron chi connectivity index (χ3n) is 3.63. The molecule has 1 saturated heterocycles. The molecule has 0 bridgehead atoms. The highest BCUT2D eigenvalue weighted by Crippen LogP contribution is 2.27. The van der Waals surface area contributed by atoms with E-state index in [4.69, 9.17) is 4.42 Å². The number of nitrogens with zero attached hydrogens (tertiary/aromatic N) is 1. The summed E-state index contributed by atoms with van der Waals surface area (Å²) in [6.07, 6.45) is 4.84. The first-order valence-corrected chi connectivity index (χ1v) is 8.75. The summed E-state index contributed by atoms with van der Waals surface area (Å²) in [4.78, 5) is 2.23. The Morgan fingerprint density at radius 2 is 2.40 bits per heavy atom. The fourth-order valence-electron chi connectivity index (χ4n) is 2.69. The van der Waals surface area contributed by atoms with Gasteiger partial charge in [0.1, 0.15) is 11.9 Å². The summed E-state index contributed by atoms with van der Waals surface area (Å²) >= 11 is 0. The monoisotopic (exact) mass is 302 g/mol. The van der Waals surface area contributed by atoms with Crippen molar-refractivity contribution in [3.8, 4) is 0 Å². The molecule has 1 aliphatic rings. The van der Waals surface area contributed by atoms with Crippen molar-refractivity contribution in [3.05, 3.63) is 24.2 Å². The SMILES string of the molecule is CS(=O)(=O)NCCN1CCCC1CC(O)c1ccco1. The molecule has 6 nitrogen and oxygen atoms in total. The summed E-state index contributed by atoms with van der Waals surface area (Å²) in [5.41, 5.74) is 0. The van der Waals surface area contributed by atoms with E-state index in [1.54, 1.807) is 18.4 Å². The first-order valence-electron chi connectivity index (χ1n) is 6.86. The van der Waals surface area contributed by atoms with Gasteiger partial charge in [0.25, 0.3) is 0 Å². The van der Waals surface area contributed by atoms with Gasteiger partial charge in [-0.25, -0.2) is 13.1 Å². The fraction of sp³-hybridized carbons (Fsp3) is 0.692. The highest BCUT2D eigenvalue weighted by molar-refractivity contribution is 7.88. The summed E-state index contributed by atoms with van der Waals surface area (Å²) in [5, 5.41) is 10.1. The van der Waals surface area contributed by atoms with Crippen LogP contribution in [0.5, 0.6) is 0 Å². The van der Waals surface area contributed by atoms with Crippen LogP contribution in [0.1, 0.15) is 31.1 Å². The topological polar surface area (TPSA) is 82.8 Å². The normalized spacial score (nSPS) is 22.2. The average molecular weight is 302 g/mol. The van der Waals surface area contributed by atoms with Crippen LogP contribution in [0.3, 0.4) is 0 Å². The van der Waals surface area contributed by atoms with Gasteiger partial charge in [0.2, 0.25) is 10.0 Å². The van der Waals surface area contributed by atoms with Crippen molar-refractivity contribution in [1.29, 1.82) is 0 Å². The molecule has 0 aliphatic carbocycles. The van der Waals surface area contributed by atoms with Gasteiger partial charge in [0.15, 0.2) is 0 Å². The van der Waals surface area contributed by atoms with Gasteiger partial charge < -0.3 is 9.52 Å². The maximum atomic E-state index is 11.0. The van der Waals surface area contributed by atoms with Crippen molar-refractivity contribution in [2.75, 3.05) is 25.9 Å².